The van der Waals surface area contributed by atoms with Gasteiger partial charge in [-0.3, -0.25) is 9.59 Å². The number of nitrogens with one attached hydrogen (secondary N) is 1. The van der Waals surface area contributed by atoms with Gasteiger partial charge in [0, 0.05) is 16.5 Å². The largest absolute Gasteiger partial charge is 0.384 e. The molecule has 3 N–H and O–H groups in total. The highest BCUT2D eigenvalue weighted by Crippen LogP contribution is 2.46. The number of amides is 1. The SMILES string of the molecule is Cc1ccc([C@H](C)NC(=O)C2=C(N)N(S(=O)(=O)c3ccc(C)cc3)C(C(=O)c3ccccc3)C2c2ccccc2Cl)cc1. The molecule has 220 valence electrons. The van der Waals surface area contributed by atoms with Crippen molar-refractivity contribution in [1.82, 2.24) is 9.62 Å². The Morgan fingerprint density at radius 2 is 1.40 bits per heavy atom. The highest BCUT2D eigenvalue weighted by atomic mass is 35.5. The molecule has 5 rings (SSSR count). The van der Waals surface area contributed by atoms with E-state index in [1.165, 1.54) is 12.1 Å². The number of Topliss-reactive ketones (excluding diaryl/α,β-unsaturated/α-hetero) is 1. The van der Waals surface area contributed by atoms with Gasteiger partial charge < -0.3 is 11.1 Å². The van der Waals surface area contributed by atoms with Crippen LogP contribution in [0.25, 0.3) is 0 Å². The van der Waals surface area contributed by atoms with E-state index in [0.717, 1.165) is 21.0 Å². The fourth-order valence-corrected chi connectivity index (χ4v) is 7.21. The van der Waals surface area contributed by atoms with Gasteiger partial charge in [-0.2, -0.15) is 0 Å². The third-order valence-electron chi connectivity index (χ3n) is 7.71. The molecule has 0 saturated carbocycles. The van der Waals surface area contributed by atoms with Crippen molar-refractivity contribution in [3.05, 3.63) is 147 Å². The fourth-order valence-electron chi connectivity index (χ4n) is 5.38. The number of sulfonamides is 1. The van der Waals surface area contributed by atoms with Gasteiger partial charge in [-0.05, 0) is 50.1 Å². The summed E-state index contributed by atoms with van der Waals surface area (Å²) in [6, 6.07) is 27.2. The van der Waals surface area contributed by atoms with Crippen molar-refractivity contribution in [2.75, 3.05) is 0 Å². The summed E-state index contributed by atoms with van der Waals surface area (Å²) in [7, 11) is -4.41. The van der Waals surface area contributed by atoms with Crippen LogP contribution in [-0.2, 0) is 14.8 Å². The average molecular weight is 614 g/mol. The predicted molar refractivity (Wildman–Crippen MR) is 168 cm³/mol. The van der Waals surface area contributed by atoms with E-state index in [4.69, 9.17) is 17.3 Å². The number of benzene rings is 4. The van der Waals surface area contributed by atoms with Crippen LogP contribution in [0.1, 0.15) is 51.5 Å². The van der Waals surface area contributed by atoms with Crippen LogP contribution < -0.4 is 11.1 Å². The molecule has 1 heterocycles. The maximum absolute atomic E-state index is 14.3. The molecule has 7 nitrogen and oxygen atoms in total. The summed E-state index contributed by atoms with van der Waals surface area (Å²) in [6.45, 7) is 5.64. The van der Waals surface area contributed by atoms with Gasteiger partial charge in [0.1, 0.15) is 11.9 Å². The summed E-state index contributed by atoms with van der Waals surface area (Å²) in [4.78, 5) is 28.4. The molecule has 0 radical (unpaired) electrons. The zero-order valence-electron chi connectivity index (χ0n) is 24.0. The van der Waals surface area contributed by atoms with Gasteiger partial charge in [0.05, 0.1) is 16.5 Å². The van der Waals surface area contributed by atoms with Crippen molar-refractivity contribution in [1.29, 1.82) is 0 Å². The summed E-state index contributed by atoms with van der Waals surface area (Å²) in [6.07, 6.45) is 0. The minimum absolute atomic E-state index is 0.0444. The first-order valence-electron chi connectivity index (χ1n) is 13.8. The van der Waals surface area contributed by atoms with Crippen LogP contribution >= 0.6 is 11.6 Å². The van der Waals surface area contributed by atoms with Gasteiger partial charge in [-0.1, -0.05) is 108 Å². The van der Waals surface area contributed by atoms with E-state index in [-0.39, 0.29) is 26.9 Å². The van der Waals surface area contributed by atoms with Gasteiger partial charge >= 0.3 is 0 Å². The molecule has 1 aliphatic heterocycles. The van der Waals surface area contributed by atoms with E-state index in [9.17, 15) is 18.0 Å². The second kappa shape index (κ2) is 12.1. The standard InChI is InChI=1S/C34H32ClN3O4S/c1-21-13-17-24(18-14-21)23(3)37-34(40)30-29(27-11-7-8-12-28(27)35)31(32(39)25-9-5-4-6-10-25)38(33(30)36)43(41,42)26-19-15-22(2)16-20-26/h4-20,23,29,31H,36H2,1-3H3,(H,37,40)/t23-,29?,31?/m0/s1. The Balaban J connectivity index is 1.70. The lowest BCUT2D eigenvalue weighted by Crippen LogP contribution is -2.45. The van der Waals surface area contributed by atoms with E-state index in [0.29, 0.717) is 5.56 Å². The van der Waals surface area contributed by atoms with Crippen LogP contribution in [0.4, 0.5) is 0 Å². The lowest BCUT2D eigenvalue weighted by molar-refractivity contribution is -0.118. The molecule has 3 atom stereocenters. The van der Waals surface area contributed by atoms with Crippen molar-refractivity contribution in [2.24, 2.45) is 5.73 Å². The molecule has 0 aromatic heterocycles. The second-order valence-corrected chi connectivity index (χ2v) is 12.9. The zero-order valence-corrected chi connectivity index (χ0v) is 25.6. The van der Waals surface area contributed by atoms with Gasteiger partial charge in [0.2, 0.25) is 0 Å². The molecular formula is C34H32ClN3O4S. The second-order valence-electron chi connectivity index (χ2n) is 10.7. The summed E-state index contributed by atoms with van der Waals surface area (Å²) in [5, 5.41) is 3.25. The Hall–Kier alpha value is -4.40. The average Bonchev–Trinajstić information content (AvgIpc) is 3.31. The van der Waals surface area contributed by atoms with Crippen LogP contribution in [0.2, 0.25) is 5.02 Å². The van der Waals surface area contributed by atoms with Crippen molar-refractivity contribution in [3.63, 3.8) is 0 Å². The van der Waals surface area contributed by atoms with Crippen molar-refractivity contribution in [3.8, 4) is 0 Å². The van der Waals surface area contributed by atoms with E-state index in [2.05, 4.69) is 5.32 Å². The normalized spacial score (nSPS) is 17.5. The molecule has 0 bridgehead atoms. The Kier molecular flexibility index (Phi) is 8.44. The number of rotatable bonds is 8. The molecule has 1 aliphatic rings. The van der Waals surface area contributed by atoms with Crippen LogP contribution in [0, 0.1) is 13.8 Å². The van der Waals surface area contributed by atoms with Crippen LogP contribution in [0.15, 0.2) is 119 Å². The van der Waals surface area contributed by atoms with Crippen molar-refractivity contribution in [2.45, 2.75) is 43.7 Å². The molecule has 0 saturated heterocycles. The number of carbonyl (C=O) groups is 2. The maximum atomic E-state index is 14.3. The Morgan fingerprint density at radius 3 is 2.00 bits per heavy atom. The lowest BCUT2D eigenvalue weighted by atomic mass is 9.83. The first kappa shape index (κ1) is 30.1. The third kappa shape index (κ3) is 5.81. The van der Waals surface area contributed by atoms with Gasteiger partial charge in [0.25, 0.3) is 15.9 Å². The number of nitrogens with zero attached hydrogens (tertiary/aromatic N) is 1. The lowest BCUT2D eigenvalue weighted by Gasteiger charge is -2.30. The van der Waals surface area contributed by atoms with Gasteiger partial charge in [-0.25, -0.2) is 12.7 Å². The molecule has 4 aromatic carbocycles. The Labute approximate surface area is 257 Å². The molecule has 9 heteroatoms. The molecule has 43 heavy (non-hydrogen) atoms. The summed E-state index contributed by atoms with van der Waals surface area (Å²) >= 11 is 6.68. The maximum Gasteiger partial charge on any atom is 0.266 e. The molecule has 0 spiro atoms. The number of carbonyl (C=O) groups excluding carboxylic acids is 2. The highest BCUT2D eigenvalue weighted by molar-refractivity contribution is 7.89. The molecule has 2 unspecified atom stereocenters. The van der Waals surface area contributed by atoms with E-state index < -0.39 is 39.7 Å². The predicted octanol–water partition coefficient (Wildman–Crippen LogP) is 6.04. The van der Waals surface area contributed by atoms with E-state index in [1.54, 1.807) is 66.7 Å². The van der Waals surface area contributed by atoms with Crippen molar-refractivity contribution >= 4 is 33.3 Å². The minimum Gasteiger partial charge on any atom is -0.384 e. The van der Waals surface area contributed by atoms with Crippen LogP contribution in [0.5, 0.6) is 0 Å². The topological polar surface area (TPSA) is 110 Å². The zero-order chi connectivity index (χ0) is 30.9. The Bertz CT molecular complexity index is 1800. The minimum atomic E-state index is -4.41. The van der Waals surface area contributed by atoms with Crippen molar-refractivity contribution < 1.29 is 18.0 Å². The van der Waals surface area contributed by atoms with E-state index in [1.807, 2.05) is 45.0 Å². The number of hydrogen-bond donors (Lipinski definition) is 2. The monoisotopic (exact) mass is 613 g/mol. The third-order valence-corrected chi connectivity index (χ3v) is 9.86. The van der Waals surface area contributed by atoms with E-state index >= 15 is 0 Å². The number of hydrogen-bond acceptors (Lipinski definition) is 5. The number of nitrogens with two attached hydrogens (primary N) is 1. The summed E-state index contributed by atoms with van der Waals surface area (Å²) < 4.78 is 29.5. The summed E-state index contributed by atoms with van der Waals surface area (Å²) in [5.74, 6) is -2.53. The first-order chi connectivity index (χ1) is 20.5. The highest BCUT2D eigenvalue weighted by Gasteiger charge is 2.52. The number of ketones is 1. The molecule has 4 aromatic rings. The van der Waals surface area contributed by atoms with Crippen LogP contribution in [0.3, 0.4) is 0 Å². The Morgan fingerprint density at radius 1 is 0.837 bits per heavy atom. The summed E-state index contributed by atoms with van der Waals surface area (Å²) in [5.41, 5.74) is 10.1. The first-order valence-corrected chi connectivity index (χ1v) is 15.6. The number of aryl methyl sites for hydroxylation is 2. The van der Waals surface area contributed by atoms with Gasteiger partial charge in [-0.15, -0.1) is 0 Å². The molecule has 1 amide bonds. The number of halogens is 1. The van der Waals surface area contributed by atoms with Crippen LogP contribution in [-0.4, -0.2) is 30.5 Å². The molecular weight excluding hydrogens is 582 g/mol. The molecule has 0 fully saturated rings. The quantitative estimate of drug-likeness (QED) is 0.235. The van der Waals surface area contributed by atoms with Gasteiger partial charge in [0.15, 0.2) is 5.78 Å². The smallest absolute Gasteiger partial charge is 0.266 e. The molecule has 0 aliphatic carbocycles. The fraction of sp³-hybridized carbons (Fsp3) is 0.176.